The Hall–Kier alpha value is -2.40. The molecule has 0 aliphatic rings. The van der Waals surface area contributed by atoms with Crippen LogP contribution in [0.15, 0.2) is 42.7 Å². The van der Waals surface area contributed by atoms with Gasteiger partial charge < -0.3 is 11.1 Å². The van der Waals surface area contributed by atoms with Gasteiger partial charge in [-0.3, -0.25) is 14.7 Å². The summed E-state index contributed by atoms with van der Waals surface area (Å²) in [5.74, 6) is -0.0470. The van der Waals surface area contributed by atoms with Crippen LogP contribution in [-0.4, -0.2) is 29.4 Å². The Balaban J connectivity index is 1.89. The molecule has 1 aromatic carbocycles. The molecule has 2 aromatic rings. The normalized spacial score (nSPS) is 10.6. The van der Waals surface area contributed by atoms with Crippen LogP contribution in [0.2, 0.25) is 0 Å². The second kappa shape index (κ2) is 6.85. The van der Waals surface area contributed by atoms with Crippen molar-refractivity contribution in [2.45, 2.75) is 13.5 Å². The first-order chi connectivity index (χ1) is 10.0. The molecular formula is C16H20N4O. The van der Waals surface area contributed by atoms with Crippen molar-refractivity contribution < 1.29 is 4.79 Å². The van der Waals surface area contributed by atoms with Crippen molar-refractivity contribution in [2.75, 3.05) is 24.6 Å². The number of benzene rings is 1. The van der Waals surface area contributed by atoms with Gasteiger partial charge in [0.25, 0.3) is 0 Å². The number of hydrogen-bond acceptors (Lipinski definition) is 4. The maximum atomic E-state index is 12.1. The minimum Gasteiger partial charge on any atom is -0.399 e. The first-order valence-corrected chi connectivity index (χ1v) is 6.78. The fourth-order valence-electron chi connectivity index (χ4n) is 2.12. The lowest BCUT2D eigenvalue weighted by atomic mass is 10.2. The predicted molar refractivity (Wildman–Crippen MR) is 84.8 cm³/mol. The average molecular weight is 284 g/mol. The summed E-state index contributed by atoms with van der Waals surface area (Å²) in [5, 5.41) is 2.90. The van der Waals surface area contributed by atoms with E-state index in [-0.39, 0.29) is 5.91 Å². The third-order valence-corrected chi connectivity index (χ3v) is 3.11. The number of nitrogens with zero attached hydrogens (tertiary/aromatic N) is 2. The fourth-order valence-corrected chi connectivity index (χ4v) is 2.12. The quantitative estimate of drug-likeness (QED) is 0.824. The number of nitrogens with one attached hydrogen (secondary N) is 1. The van der Waals surface area contributed by atoms with E-state index in [9.17, 15) is 4.79 Å². The summed E-state index contributed by atoms with van der Waals surface area (Å²) in [6.07, 6.45) is 3.54. The second-order valence-electron chi connectivity index (χ2n) is 5.16. The second-order valence-corrected chi connectivity index (χ2v) is 5.16. The zero-order valence-corrected chi connectivity index (χ0v) is 12.3. The molecule has 110 valence electrons. The topological polar surface area (TPSA) is 71.2 Å². The van der Waals surface area contributed by atoms with Crippen LogP contribution in [0.3, 0.4) is 0 Å². The maximum Gasteiger partial charge on any atom is 0.238 e. The number of carbonyl (C=O) groups excluding carboxylic acids is 1. The monoisotopic (exact) mass is 284 g/mol. The lowest BCUT2D eigenvalue weighted by Gasteiger charge is -2.16. The Kier molecular flexibility index (Phi) is 4.90. The molecule has 5 nitrogen and oxygen atoms in total. The molecule has 0 saturated carbocycles. The first kappa shape index (κ1) is 15.0. The Labute approximate surface area is 124 Å². The van der Waals surface area contributed by atoms with Crippen LogP contribution >= 0.6 is 0 Å². The van der Waals surface area contributed by atoms with E-state index in [0.29, 0.717) is 18.8 Å². The van der Waals surface area contributed by atoms with Gasteiger partial charge in [-0.25, -0.2) is 0 Å². The van der Waals surface area contributed by atoms with Crippen molar-refractivity contribution in [3.63, 3.8) is 0 Å². The van der Waals surface area contributed by atoms with Gasteiger partial charge in [-0.15, -0.1) is 0 Å². The molecule has 0 atom stereocenters. The lowest BCUT2D eigenvalue weighted by molar-refractivity contribution is -0.117. The van der Waals surface area contributed by atoms with Crippen LogP contribution in [0.5, 0.6) is 0 Å². The van der Waals surface area contributed by atoms with E-state index in [2.05, 4.69) is 10.3 Å². The molecule has 0 fully saturated rings. The Morgan fingerprint density at radius 2 is 2.19 bits per heavy atom. The van der Waals surface area contributed by atoms with E-state index < -0.39 is 0 Å². The van der Waals surface area contributed by atoms with Crippen LogP contribution in [0, 0.1) is 6.92 Å². The van der Waals surface area contributed by atoms with Gasteiger partial charge in [-0.05, 0) is 49.4 Å². The number of nitrogens with two attached hydrogens (primary N) is 1. The Morgan fingerprint density at radius 3 is 2.86 bits per heavy atom. The highest BCUT2D eigenvalue weighted by Crippen LogP contribution is 2.17. The number of likely N-dealkylation sites (N-methyl/N-ethyl adjacent to an activating group) is 1. The summed E-state index contributed by atoms with van der Waals surface area (Å²) in [6, 6.07) is 9.33. The molecule has 0 aliphatic carbocycles. The minimum absolute atomic E-state index is 0.0470. The number of aromatic nitrogens is 1. The number of nitrogen functional groups attached to an aromatic ring is 1. The van der Waals surface area contributed by atoms with Gasteiger partial charge in [0.1, 0.15) is 0 Å². The highest BCUT2D eigenvalue weighted by atomic mass is 16.2. The van der Waals surface area contributed by atoms with Crippen molar-refractivity contribution in [1.82, 2.24) is 9.88 Å². The Bertz CT molecular complexity index is 613. The molecular weight excluding hydrogens is 264 g/mol. The molecule has 3 N–H and O–H groups in total. The molecule has 0 aliphatic heterocycles. The SMILES string of the molecule is Cc1cc(N)ccc1NC(=O)CN(C)Cc1cccnc1. The van der Waals surface area contributed by atoms with E-state index in [0.717, 1.165) is 16.8 Å². The summed E-state index contributed by atoms with van der Waals surface area (Å²) in [6.45, 7) is 2.92. The summed E-state index contributed by atoms with van der Waals surface area (Å²) in [7, 11) is 1.91. The first-order valence-electron chi connectivity index (χ1n) is 6.78. The van der Waals surface area contributed by atoms with Gasteiger partial charge >= 0.3 is 0 Å². The highest BCUT2D eigenvalue weighted by molar-refractivity contribution is 5.93. The van der Waals surface area contributed by atoms with Crippen LogP contribution < -0.4 is 11.1 Å². The summed E-state index contributed by atoms with van der Waals surface area (Å²) < 4.78 is 0. The number of aryl methyl sites for hydroxylation is 1. The van der Waals surface area contributed by atoms with Crippen LogP contribution in [0.25, 0.3) is 0 Å². The van der Waals surface area contributed by atoms with Gasteiger partial charge in [-0.2, -0.15) is 0 Å². The standard InChI is InChI=1S/C16H20N4O/c1-12-8-14(17)5-6-15(12)19-16(21)11-20(2)10-13-4-3-7-18-9-13/h3-9H,10-11,17H2,1-2H3,(H,19,21). The number of rotatable bonds is 5. The number of hydrogen-bond donors (Lipinski definition) is 2. The molecule has 1 heterocycles. The van der Waals surface area contributed by atoms with E-state index >= 15 is 0 Å². The van der Waals surface area contributed by atoms with Crippen molar-refractivity contribution in [1.29, 1.82) is 0 Å². The predicted octanol–water partition coefficient (Wildman–Crippen LogP) is 2.04. The fraction of sp³-hybridized carbons (Fsp3) is 0.250. The number of amides is 1. The average Bonchev–Trinajstić information content (AvgIpc) is 2.43. The van der Waals surface area contributed by atoms with Gasteiger partial charge in [0.05, 0.1) is 6.54 Å². The molecule has 1 amide bonds. The van der Waals surface area contributed by atoms with Crippen molar-refractivity contribution in [3.8, 4) is 0 Å². The van der Waals surface area contributed by atoms with Gasteiger partial charge in [0.2, 0.25) is 5.91 Å². The molecule has 0 radical (unpaired) electrons. The minimum atomic E-state index is -0.0470. The molecule has 0 unspecified atom stereocenters. The summed E-state index contributed by atoms with van der Waals surface area (Å²) >= 11 is 0. The Morgan fingerprint density at radius 1 is 1.38 bits per heavy atom. The van der Waals surface area contributed by atoms with Crippen LogP contribution in [-0.2, 0) is 11.3 Å². The maximum absolute atomic E-state index is 12.1. The van der Waals surface area contributed by atoms with Crippen molar-refractivity contribution in [2.24, 2.45) is 0 Å². The van der Waals surface area contributed by atoms with E-state index in [1.165, 1.54) is 0 Å². The zero-order valence-electron chi connectivity index (χ0n) is 12.3. The third kappa shape index (κ3) is 4.57. The summed E-state index contributed by atoms with van der Waals surface area (Å²) in [4.78, 5) is 18.1. The van der Waals surface area contributed by atoms with Gasteiger partial charge in [0, 0.05) is 30.3 Å². The highest BCUT2D eigenvalue weighted by Gasteiger charge is 2.09. The number of pyridine rings is 1. The van der Waals surface area contributed by atoms with Gasteiger partial charge in [0.15, 0.2) is 0 Å². The van der Waals surface area contributed by atoms with E-state index in [1.54, 1.807) is 18.5 Å². The summed E-state index contributed by atoms with van der Waals surface area (Å²) in [5.41, 5.74) is 9.22. The van der Waals surface area contributed by atoms with Crippen molar-refractivity contribution >= 4 is 17.3 Å². The van der Waals surface area contributed by atoms with E-state index in [1.807, 2.05) is 43.1 Å². The zero-order chi connectivity index (χ0) is 15.2. The molecule has 2 rings (SSSR count). The van der Waals surface area contributed by atoms with E-state index in [4.69, 9.17) is 5.73 Å². The lowest BCUT2D eigenvalue weighted by Crippen LogP contribution is -2.30. The van der Waals surface area contributed by atoms with Gasteiger partial charge in [-0.1, -0.05) is 6.07 Å². The number of carbonyl (C=O) groups is 1. The molecule has 0 bridgehead atoms. The van der Waals surface area contributed by atoms with Crippen LogP contribution in [0.1, 0.15) is 11.1 Å². The smallest absolute Gasteiger partial charge is 0.238 e. The molecule has 5 heteroatoms. The molecule has 1 aromatic heterocycles. The molecule has 21 heavy (non-hydrogen) atoms. The third-order valence-electron chi connectivity index (χ3n) is 3.11. The largest absolute Gasteiger partial charge is 0.399 e. The van der Waals surface area contributed by atoms with Crippen LogP contribution in [0.4, 0.5) is 11.4 Å². The van der Waals surface area contributed by atoms with Crippen molar-refractivity contribution in [3.05, 3.63) is 53.9 Å². The number of anilines is 2. The molecule has 0 saturated heterocycles. The molecule has 0 spiro atoms.